The second-order valence-electron chi connectivity index (χ2n) is 3.12. The Morgan fingerprint density at radius 3 is 2.56 bits per heavy atom. The molecule has 0 radical (unpaired) electrons. The van der Waals surface area contributed by atoms with E-state index in [1.807, 2.05) is 0 Å². The molecule has 1 atom stereocenters. The molecule has 0 saturated heterocycles. The molecule has 0 aliphatic carbocycles. The van der Waals surface area contributed by atoms with Gasteiger partial charge in [-0.2, -0.15) is 18.4 Å². The maximum absolute atomic E-state index is 12.1. The minimum atomic E-state index is -4.48. The molecule has 0 saturated carbocycles. The van der Waals surface area contributed by atoms with Crippen LogP contribution >= 0.6 is 0 Å². The van der Waals surface area contributed by atoms with Crippen molar-refractivity contribution in [3.05, 3.63) is 0 Å². The first kappa shape index (κ1) is 15.2. The van der Waals surface area contributed by atoms with Crippen molar-refractivity contribution in [3.63, 3.8) is 0 Å². The van der Waals surface area contributed by atoms with Gasteiger partial charge in [-0.1, -0.05) is 0 Å². The van der Waals surface area contributed by atoms with Crippen LogP contribution in [0.15, 0.2) is 0 Å². The van der Waals surface area contributed by atoms with E-state index in [-0.39, 0.29) is 13.2 Å². The van der Waals surface area contributed by atoms with Crippen LogP contribution in [-0.2, 0) is 4.74 Å². The second-order valence-corrected chi connectivity index (χ2v) is 3.12. The van der Waals surface area contributed by atoms with E-state index in [2.05, 4.69) is 5.32 Å². The zero-order valence-electron chi connectivity index (χ0n) is 8.76. The fourth-order valence-corrected chi connectivity index (χ4v) is 0.947. The molecule has 7 heteroatoms. The van der Waals surface area contributed by atoms with Crippen molar-refractivity contribution in [2.75, 3.05) is 32.9 Å². The van der Waals surface area contributed by atoms with E-state index in [1.54, 1.807) is 0 Å². The molecule has 0 rings (SSSR count). The molecule has 0 heterocycles. The lowest BCUT2D eigenvalue weighted by molar-refractivity contribution is -0.157. The van der Waals surface area contributed by atoms with E-state index >= 15 is 0 Å². The molecule has 0 aromatic rings. The Morgan fingerprint density at radius 2 is 2.06 bits per heavy atom. The second kappa shape index (κ2) is 8.33. The van der Waals surface area contributed by atoms with Crippen LogP contribution in [0.2, 0.25) is 0 Å². The molecular weight excluding hydrogens is 225 g/mol. The number of nitriles is 1. The Kier molecular flexibility index (Phi) is 7.89. The van der Waals surface area contributed by atoms with Gasteiger partial charge in [-0.3, -0.25) is 0 Å². The van der Waals surface area contributed by atoms with Gasteiger partial charge in [-0.15, -0.1) is 0 Å². The third-order valence-corrected chi connectivity index (χ3v) is 1.78. The van der Waals surface area contributed by atoms with Crippen LogP contribution in [0, 0.1) is 17.2 Å². The van der Waals surface area contributed by atoms with Crippen molar-refractivity contribution in [2.45, 2.75) is 12.6 Å². The maximum Gasteiger partial charge on any atom is 0.405 e. The van der Waals surface area contributed by atoms with Crippen LogP contribution in [-0.4, -0.2) is 44.2 Å². The zero-order valence-corrected chi connectivity index (χ0v) is 8.76. The van der Waals surface area contributed by atoms with Crippen molar-refractivity contribution in [3.8, 4) is 6.07 Å². The topological polar surface area (TPSA) is 65.3 Å². The average molecular weight is 240 g/mol. The van der Waals surface area contributed by atoms with Crippen LogP contribution in [0.3, 0.4) is 0 Å². The summed E-state index contributed by atoms with van der Waals surface area (Å²) >= 11 is 0. The molecule has 0 aromatic carbocycles. The average Bonchev–Trinajstić information content (AvgIpc) is 2.20. The number of halogens is 3. The molecule has 0 amide bonds. The number of nitrogens with zero attached hydrogens (tertiary/aromatic N) is 1. The summed E-state index contributed by atoms with van der Waals surface area (Å²) in [5.74, 6) is -1.97. The zero-order chi connectivity index (χ0) is 12.4. The molecule has 0 fully saturated rings. The lowest BCUT2D eigenvalue weighted by Crippen LogP contribution is -2.33. The van der Waals surface area contributed by atoms with E-state index in [4.69, 9.17) is 15.1 Å². The van der Waals surface area contributed by atoms with Gasteiger partial charge in [-0.05, 0) is 13.0 Å². The SMILES string of the molecule is N#CC(CNCCCOCCO)C(F)(F)F. The van der Waals surface area contributed by atoms with Crippen LogP contribution in [0.4, 0.5) is 13.2 Å². The molecule has 0 bridgehead atoms. The summed E-state index contributed by atoms with van der Waals surface area (Å²) in [4.78, 5) is 0. The number of hydrogen-bond donors (Lipinski definition) is 2. The first-order valence-corrected chi connectivity index (χ1v) is 4.88. The number of hydrogen-bond acceptors (Lipinski definition) is 4. The number of ether oxygens (including phenoxy) is 1. The summed E-state index contributed by atoms with van der Waals surface area (Å²) in [7, 11) is 0. The van der Waals surface area contributed by atoms with E-state index in [1.165, 1.54) is 6.07 Å². The number of aliphatic hydroxyl groups excluding tert-OH is 1. The third-order valence-electron chi connectivity index (χ3n) is 1.78. The van der Waals surface area contributed by atoms with Crippen molar-refractivity contribution < 1.29 is 23.0 Å². The molecule has 0 aliphatic rings. The molecule has 4 nitrogen and oxygen atoms in total. The van der Waals surface area contributed by atoms with Gasteiger partial charge in [0.05, 0.1) is 19.3 Å². The van der Waals surface area contributed by atoms with Gasteiger partial charge >= 0.3 is 6.18 Å². The predicted molar refractivity (Wildman–Crippen MR) is 50.5 cm³/mol. The number of alkyl halides is 3. The van der Waals surface area contributed by atoms with Gasteiger partial charge in [-0.25, -0.2) is 0 Å². The summed E-state index contributed by atoms with van der Waals surface area (Å²) in [6.07, 6.45) is -3.94. The smallest absolute Gasteiger partial charge is 0.394 e. The molecule has 0 aromatic heterocycles. The van der Waals surface area contributed by atoms with E-state index in [0.717, 1.165) is 0 Å². The Balaban J connectivity index is 3.47. The largest absolute Gasteiger partial charge is 0.405 e. The molecule has 2 N–H and O–H groups in total. The summed E-state index contributed by atoms with van der Waals surface area (Å²) in [6, 6.07) is 1.20. The summed E-state index contributed by atoms with van der Waals surface area (Å²) in [6.45, 7) is 0.470. The highest BCUT2D eigenvalue weighted by Gasteiger charge is 2.39. The van der Waals surface area contributed by atoms with Crippen LogP contribution in [0.25, 0.3) is 0 Å². The number of rotatable bonds is 8. The molecule has 0 spiro atoms. The van der Waals surface area contributed by atoms with Crippen molar-refractivity contribution in [2.24, 2.45) is 5.92 Å². The Hall–Kier alpha value is -0.840. The number of nitrogens with one attached hydrogen (secondary N) is 1. The van der Waals surface area contributed by atoms with E-state index < -0.39 is 18.6 Å². The monoisotopic (exact) mass is 240 g/mol. The lowest BCUT2D eigenvalue weighted by atomic mass is 10.1. The summed E-state index contributed by atoms with van der Waals surface area (Å²) < 4.78 is 41.1. The Labute approximate surface area is 92.0 Å². The predicted octanol–water partition coefficient (Wildman–Crippen LogP) is 0.677. The van der Waals surface area contributed by atoms with Gasteiger partial charge in [0.15, 0.2) is 5.92 Å². The van der Waals surface area contributed by atoms with Gasteiger partial charge in [0, 0.05) is 13.2 Å². The quantitative estimate of drug-likeness (QED) is 0.612. The number of aliphatic hydroxyl groups is 1. The molecule has 94 valence electrons. The lowest BCUT2D eigenvalue weighted by Gasteiger charge is -2.13. The highest BCUT2D eigenvalue weighted by molar-refractivity contribution is 4.89. The maximum atomic E-state index is 12.1. The molecule has 16 heavy (non-hydrogen) atoms. The Bertz CT molecular complexity index is 216. The van der Waals surface area contributed by atoms with Gasteiger partial charge in [0.25, 0.3) is 0 Å². The minimum Gasteiger partial charge on any atom is -0.394 e. The summed E-state index contributed by atoms with van der Waals surface area (Å²) in [5, 5.41) is 19.2. The summed E-state index contributed by atoms with van der Waals surface area (Å²) in [5.41, 5.74) is 0. The fourth-order valence-electron chi connectivity index (χ4n) is 0.947. The van der Waals surface area contributed by atoms with Gasteiger partial charge in [0.2, 0.25) is 0 Å². The molecule has 0 aliphatic heterocycles. The van der Waals surface area contributed by atoms with Crippen molar-refractivity contribution in [1.82, 2.24) is 5.32 Å². The standard InChI is InChI=1S/C9H15F3N2O2/c10-9(11,12)8(6-13)7-14-2-1-4-16-5-3-15/h8,14-15H,1-5,7H2. The minimum absolute atomic E-state index is 0.0714. The van der Waals surface area contributed by atoms with Crippen LogP contribution < -0.4 is 5.32 Å². The van der Waals surface area contributed by atoms with Gasteiger partial charge < -0.3 is 15.2 Å². The Morgan fingerprint density at radius 1 is 1.38 bits per heavy atom. The highest BCUT2D eigenvalue weighted by Crippen LogP contribution is 2.24. The molecule has 1 unspecified atom stereocenters. The van der Waals surface area contributed by atoms with Crippen molar-refractivity contribution in [1.29, 1.82) is 5.26 Å². The highest BCUT2D eigenvalue weighted by atomic mass is 19.4. The fraction of sp³-hybridized carbons (Fsp3) is 0.889. The normalized spacial score (nSPS) is 13.4. The van der Waals surface area contributed by atoms with E-state index in [0.29, 0.717) is 19.6 Å². The molecular formula is C9H15F3N2O2. The third kappa shape index (κ3) is 7.45. The van der Waals surface area contributed by atoms with Crippen LogP contribution in [0.5, 0.6) is 0 Å². The van der Waals surface area contributed by atoms with Crippen LogP contribution in [0.1, 0.15) is 6.42 Å². The van der Waals surface area contributed by atoms with Gasteiger partial charge in [0.1, 0.15) is 0 Å². The van der Waals surface area contributed by atoms with E-state index in [9.17, 15) is 13.2 Å². The van der Waals surface area contributed by atoms with Crippen molar-refractivity contribution >= 4 is 0 Å². The first-order chi connectivity index (χ1) is 7.52. The first-order valence-electron chi connectivity index (χ1n) is 4.88.